The van der Waals surface area contributed by atoms with Crippen LogP contribution in [0, 0.1) is 12.8 Å². The maximum Gasteiger partial charge on any atom is 0.223 e. The largest absolute Gasteiger partial charge is 0.354 e. The zero-order valence-electron chi connectivity index (χ0n) is 13.3. The van der Waals surface area contributed by atoms with Gasteiger partial charge in [-0.3, -0.25) is 4.79 Å². The number of nitrogens with zero attached hydrogens (tertiary/aromatic N) is 1. The highest BCUT2D eigenvalue weighted by Crippen LogP contribution is 2.24. The molecule has 1 fully saturated rings. The Kier molecular flexibility index (Phi) is 5.37. The first-order chi connectivity index (χ1) is 9.97. The Labute approximate surface area is 127 Å². The van der Waals surface area contributed by atoms with Crippen molar-refractivity contribution in [1.29, 1.82) is 0 Å². The molecule has 0 aromatic heterocycles. The lowest BCUT2D eigenvalue weighted by Gasteiger charge is -2.26. The second kappa shape index (κ2) is 7.05. The summed E-state index contributed by atoms with van der Waals surface area (Å²) in [7, 11) is 4.09. The SMILES string of the molecule is Cc1ccc(C(CNC(=O)C2CCC(N)C2)N(C)C)cc1. The van der Waals surface area contributed by atoms with Gasteiger partial charge in [0.15, 0.2) is 0 Å². The molecular formula is C17H27N3O. The second-order valence-electron chi connectivity index (χ2n) is 6.41. The van der Waals surface area contributed by atoms with Crippen LogP contribution in [0.15, 0.2) is 24.3 Å². The fourth-order valence-electron chi connectivity index (χ4n) is 2.98. The van der Waals surface area contributed by atoms with Crippen molar-refractivity contribution in [2.75, 3.05) is 20.6 Å². The van der Waals surface area contributed by atoms with E-state index in [1.165, 1.54) is 11.1 Å². The molecule has 0 bridgehead atoms. The number of benzene rings is 1. The Morgan fingerprint density at radius 2 is 2.00 bits per heavy atom. The standard InChI is InChI=1S/C17H27N3O/c1-12-4-6-13(7-5-12)16(20(2)3)11-19-17(21)14-8-9-15(18)10-14/h4-7,14-16H,8-11,18H2,1-3H3,(H,19,21). The smallest absolute Gasteiger partial charge is 0.223 e. The maximum absolute atomic E-state index is 12.2. The summed E-state index contributed by atoms with van der Waals surface area (Å²) < 4.78 is 0. The quantitative estimate of drug-likeness (QED) is 0.869. The number of carbonyl (C=O) groups is 1. The van der Waals surface area contributed by atoms with Gasteiger partial charge in [0.05, 0.1) is 6.04 Å². The summed E-state index contributed by atoms with van der Waals surface area (Å²) in [5, 5.41) is 3.10. The molecule has 1 amide bonds. The molecule has 1 aromatic carbocycles. The molecule has 0 aliphatic heterocycles. The van der Waals surface area contributed by atoms with Crippen molar-refractivity contribution >= 4 is 5.91 Å². The molecule has 2 rings (SSSR count). The van der Waals surface area contributed by atoms with Gasteiger partial charge in [0.25, 0.3) is 0 Å². The fourth-order valence-corrected chi connectivity index (χ4v) is 2.98. The van der Waals surface area contributed by atoms with Gasteiger partial charge in [0, 0.05) is 18.5 Å². The lowest BCUT2D eigenvalue weighted by molar-refractivity contribution is -0.125. The molecule has 4 heteroatoms. The maximum atomic E-state index is 12.2. The molecule has 3 N–H and O–H groups in total. The van der Waals surface area contributed by atoms with Gasteiger partial charge >= 0.3 is 0 Å². The highest BCUT2D eigenvalue weighted by atomic mass is 16.1. The Morgan fingerprint density at radius 3 is 2.52 bits per heavy atom. The number of hydrogen-bond donors (Lipinski definition) is 2. The van der Waals surface area contributed by atoms with Gasteiger partial charge in [-0.1, -0.05) is 29.8 Å². The van der Waals surface area contributed by atoms with Crippen molar-refractivity contribution in [2.24, 2.45) is 11.7 Å². The number of likely N-dealkylation sites (N-methyl/N-ethyl adjacent to an activating group) is 1. The summed E-state index contributed by atoms with van der Waals surface area (Å²) >= 11 is 0. The molecule has 1 saturated carbocycles. The van der Waals surface area contributed by atoms with Gasteiger partial charge in [-0.25, -0.2) is 0 Å². The fraction of sp³-hybridized carbons (Fsp3) is 0.588. The predicted molar refractivity (Wildman–Crippen MR) is 85.9 cm³/mol. The van der Waals surface area contributed by atoms with Crippen LogP contribution in [0.2, 0.25) is 0 Å². The molecule has 21 heavy (non-hydrogen) atoms. The van der Waals surface area contributed by atoms with Gasteiger partial charge in [-0.15, -0.1) is 0 Å². The third-order valence-electron chi connectivity index (χ3n) is 4.40. The number of rotatable bonds is 5. The predicted octanol–water partition coefficient (Wildman–Crippen LogP) is 1.84. The van der Waals surface area contributed by atoms with Crippen LogP contribution in [-0.4, -0.2) is 37.5 Å². The van der Waals surface area contributed by atoms with Crippen LogP contribution >= 0.6 is 0 Å². The van der Waals surface area contributed by atoms with Crippen molar-refractivity contribution in [3.63, 3.8) is 0 Å². The van der Waals surface area contributed by atoms with Gasteiger partial charge in [0.2, 0.25) is 5.91 Å². The average Bonchev–Trinajstić information content (AvgIpc) is 2.87. The molecule has 0 heterocycles. The highest BCUT2D eigenvalue weighted by Gasteiger charge is 2.28. The Bertz CT molecular complexity index is 469. The van der Waals surface area contributed by atoms with E-state index in [1.807, 2.05) is 14.1 Å². The number of carbonyl (C=O) groups excluding carboxylic acids is 1. The van der Waals surface area contributed by atoms with Crippen LogP contribution in [0.25, 0.3) is 0 Å². The van der Waals surface area contributed by atoms with E-state index in [-0.39, 0.29) is 23.9 Å². The summed E-state index contributed by atoms with van der Waals surface area (Å²) in [5.41, 5.74) is 8.36. The molecular weight excluding hydrogens is 262 g/mol. The van der Waals surface area contributed by atoms with E-state index < -0.39 is 0 Å². The second-order valence-corrected chi connectivity index (χ2v) is 6.41. The minimum Gasteiger partial charge on any atom is -0.354 e. The minimum atomic E-state index is 0.0980. The van der Waals surface area contributed by atoms with Crippen molar-refractivity contribution in [3.8, 4) is 0 Å². The van der Waals surface area contributed by atoms with E-state index in [2.05, 4.69) is 41.4 Å². The molecule has 0 saturated heterocycles. The van der Waals surface area contributed by atoms with Crippen LogP contribution in [0.1, 0.15) is 36.4 Å². The summed E-state index contributed by atoms with van der Waals surface area (Å²) in [5.74, 6) is 0.253. The van der Waals surface area contributed by atoms with Crippen LogP contribution in [0.4, 0.5) is 0 Å². The molecule has 1 aromatic rings. The van der Waals surface area contributed by atoms with Gasteiger partial charge in [0.1, 0.15) is 0 Å². The number of aryl methyl sites for hydroxylation is 1. The first-order valence-electron chi connectivity index (χ1n) is 7.73. The minimum absolute atomic E-state index is 0.0980. The number of nitrogens with two attached hydrogens (primary N) is 1. The number of nitrogens with one attached hydrogen (secondary N) is 1. The van der Waals surface area contributed by atoms with Crippen molar-refractivity contribution in [2.45, 2.75) is 38.3 Å². The monoisotopic (exact) mass is 289 g/mol. The first kappa shape index (κ1) is 16.0. The van der Waals surface area contributed by atoms with Gasteiger partial charge < -0.3 is 16.0 Å². The van der Waals surface area contributed by atoms with Crippen LogP contribution in [-0.2, 0) is 4.79 Å². The zero-order valence-corrected chi connectivity index (χ0v) is 13.3. The summed E-state index contributed by atoms with van der Waals surface area (Å²) in [4.78, 5) is 14.4. The van der Waals surface area contributed by atoms with Gasteiger partial charge in [-0.2, -0.15) is 0 Å². The zero-order chi connectivity index (χ0) is 15.4. The Morgan fingerprint density at radius 1 is 1.33 bits per heavy atom. The topological polar surface area (TPSA) is 58.4 Å². The Balaban J connectivity index is 1.94. The average molecular weight is 289 g/mol. The third kappa shape index (κ3) is 4.29. The molecule has 116 valence electrons. The van der Waals surface area contributed by atoms with Crippen LogP contribution in [0.5, 0.6) is 0 Å². The lowest BCUT2D eigenvalue weighted by Crippen LogP contribution is -2.37. The van der Waals surface area contributed by atoms with Crippen molar-refractivity contribution in [3.05, 3.63) is 35.4 Å². The Hall–Kier alpha value is -1.39. The number of hydrogen-bond acceptors (Lipinski definition) is 3. The molecule has 3 unspecified atom stereocenters. The molecule has 0 radical (unpaired) electrons. The molecule has 1 aliphatic carbocycles. The van der Waals surface area contributed by atoms with Crippen molar-refractivity contribution < 1.29 is 4.79 Å². The van der Waals surface area contributed by atoms with E-state index in [9.17, 15) is 4.79 Å². The van der Waals surface area contributed by atoms with Crippen LogP contribution < -0.4 is 11.1 Å². The van der Waals surface area contributed by atoms with E-state index >= 15 is 0 Å². The van der Waals surface area contributed by atoms with E-state index in [4.69, 9.17) is 5.73 Å². The van der Waals surface area contributed by atoms with Crippen molar-refractivity contribution in [1.82, 2.24) is 10.2 Å². The highest BCUT2D eigenvalue weighted by molar-refractivity contribution is 5.79. The summed E-state index contributed by atoms with van der Waals surface area (Å²) in [6.07, 6.45) is 2.71. The van der Waals surface area contributed by atoms with E-state index in [0.29, 0.717) is 6.54 Å². The normalized spacial score (nSPS) is 23.3. The summed E-state index contributed by atoms with van der Waals surface area (Å²) in [6.45, 7) is 2.72. The molecule has 1 aliphatic rings. The molecule has 4 nitrogen and oxygen atoms in total. The van der Waals surface area contributed by atoms with E-state index in [0.717, 1.165) is 19.3 Å². The number of amides is 1. The lowest BCUT2D eigenvalue weighted by atomic mass is 10.0. The molecule has 3 atom stereocenters. The van der Waals surface area contributed by atoms with Crippen LogP contribution in [0.3, 0.4) is 0 Å². The van der Waals surface area contributed by atoms with Gasteiger partial charge in [-0.05, 0) is 45.8 Å². The summed E-state index contributed by atoms with van der Waals surface area (Å²) in [6, 6.07) is 8.90. The van der Waals surface area contributed by atoms with E-state index in [1.54, 1.807) is 0 Å². The molecule has 0 spiro atoms. The first-order valence-corrected chi connectivity index (χ1v) is 7.73. The third-order valence-corrected chi connectivity index (χ3v) is 4.40.